The van der Waals surface area contributed by atoms with E-state index in [1.54, 1.807) is 6.07 Å². The Morgan fingerprint density at radius 3 is 2.89 bits per heavy atom. The third-order valence-corrected chi connectivity index (χ3v) is 0.947. The summed E-state index contributed by atoms with van der Waals surface area (Å²) in [6, 6.07) is 8.29. The minimum Gasteiger partial charge on any atom is -0.504 e. The summed E-state index contributed by atoms with van der Waals surface area (Å²) in [5.74, 6) is 0.425. The predicted octanol–water partition coefficient (Wildman–Crippen LogP) is 1.00. The topological polar surface area (TPSA) is 29.5 Å². The van der Waals surface area contributed by atoms with Crippen LogP contribution < -0.4 is 4.74 Å². The summed E-state index contributed by atoms with van der Waals surface area (Å²) in [6.07, 6.45) is 0. The van der Waals surface area contributed by atoms with E-state index in [0.717, 1.165) is 0 Å². The fraction of sp³-hybridized carbons (Fsp3) is 0.143. The van der Waals surface area contributed by atoms with Gasteiger partial charge in [-0.05, 0) is 18.2 Å². The van der Waals surface area contributed by atoms with Crippen molar-refractivity contribution in [2.24, 2.45) is 0 Å². The second-order valence-corrected chi connectivity index (χ2v) is 1.52. The SMILES string of the molecule is COc1c#cccc1O. The van der Waals surface area contributed by atoms with Gasteiger partial charge < -0.3 is 9.84 Å². The molecule has 0 aromatic heterocycles. The van der Waals surface area contributed by atoms with Crippen molar-refractivity contribution >= 4 is 0 Å². The van der Waals surface area contributed by atoms with Crippen LogP contribution in [-0.4, -0.2) is 12.2 Å². The lowest BCUT2D eigenvalue weighted by Gasteiger charge is -1.95. The van der Waals surface area contributed by atoms with Crippen LogP contribution in [0.5, 0.6) is 11.5 Å². The highest BCUT2D eigenvalue weighted by atomic mass is 16.5. The Morgan fingerprint density at radius 1 is 1.67 bits per heavy atom. The van der Waals surface area contributed by atoms with Crippen LogP contribution in [0.15, 0.2) is 12.1 Å². The maximum atomic E-state index is 8.93. The molecule has 0 atom stereocenters. The van der Waals surface area contributed by atoms with Crippen LogP contribution in [0.4, 0.5) is 0 Å². The Morgan fingerprint density at radius 2 is 2.44 bits per heavy atom. The minimum atomic E-state index is 0.0938. The first-order chi connectivity index (χ1) is 4.34. The van der Waals surface area contributed by atoms with E-state index in [-0.39, 0.29) is 5.75 Å². The Kier molecular flexibility index (Phi) is 1.46. The van der Waals surface area contributed by atoms with Gasteiger partial charge in [-0.2, -0.15) is 0 Å². The van der Waals surface area contributed by atoms with Gasteiger partial charge >= 0.3 is 0 Å². The first kappa shape index (κ1) is 5.77. The van der Waals surface area contributed by atoms with E-state index in [1.165, 1.54) is 13.2 Å². The van der Waals surface area contributed by atoms with Gasteiger partial charge in [0, 0.05) is 0 Å². The Hall–Kier alpha value is -1.36. The quantitative estimate of drug-likeness (QED) is 0.602. The number of rotatable bonds is 1. The molecular weight excluding hydrogens is 116 g/mol. The molecule has 0 heterocycles. The molecule has 1 N–H and O–H groups in total. The molecule has 46 valence electrons. The molecule has 2 nitrogen and oxygen atoms in total. The molecule has 0 spiro atoms. The molecule has 0 aliphatic heterocycles. The van der Waals surface area contributed by atoms with Crippen LogP contribution in [-0.2, 0) is 0 Å². The molecule has 0 aliphatic carbocycles. The summed E-state index contributed by atoms with van der Waals surface area (Å²) in [5, 5.41) is 8.93. The van der Waals surface area contributed by atoms with E-state index in [0.29, 0.717) is 5.75 Å². The number of hydrogen-bond acceptors (Lipinski definition) is 2. The van der Waals surface area contributed by atoms with Crippen molar-refractivity contribution in [1.82, 2.24) is 0 Å². The number of ether oxygens (including phenoxy) is 1. The first-order valence-electron chi connectivity index (χ1n) is 2.50. The molecule has 0 unspecified atom stereocenters. The van der Waals surface area contributed by atoms with Crippen LogP contribution in [0, 0.1) is 12.1 Å². The zero-order valence-electron chi connectivity index (χ0n) is 5.01. The average Bonchev–Trinajstić information content (AvgIpc) is 1.89. The van der Waals surface area contributed by atoms with Gasteiger partial charge in [-0.15, -0.1) is 0 Å². The molecule has 0 saturated carbocycles. The predicted molar refractivity (Wildman–Crippen MR) is 32.3 cm³/mol. The summed E-state index contributed by atoms with van der Waals surface area (Å²) >= 11 is 0. The zero-order chi connectivity index (χ0) is 6.69. The molecule has 2 heteroatoms. The van der Waals surface area contributed by atoms with Crippen molar-refractivity contribution in [2.45, 2.75) is 0 Å². The standard InChI is InChI=1S/C7H6O2/c1-9-7-5-3-2-4-6(7)8/h2,4,8H,1H3. The van der Waals surface area contributed by atoms with E-state index >= 15 is 0 Å². The molecule has 9 heavy (non-hydrogen) atoms. The largest absolute Gasteiger partial charge is 0.504 e. The van der Waals surface area contributed by atoms with E-state index < -0.39 is 0 Å². The molecule has 0 saturated heterocycles. The molecule has 0 amide bonds. The second-order valence-electron chi connectivity index (χ2n) is 1.52. The summed E-state index contributed by atoms with van der Waals surface area (Å²) < 4.78 is 4.71. The number of aromatic hydroxyl groups is 1. The lowest BCUT2D eigenvalue weighted by molar-refractivity contribution is 0.374. The van der Waals surface area contributed by atoms with Gasteiger partial charge in [0.05, 0.1) is 7.11 Å². The van der Waals surface area contributed by atoms with Gasteiger partial charge in [-0.25, -0.2) is 0 Å². The Bertz CT molecular complexity index is 196. The van der Waals surface area contributed by atoms with Crippen molar-refractivity contribution in [3.63, 3.8) is 0 Å². The summed E-state index contributed by atoms with van der Waals surface area (Å²) in [6.45, 7) is 0. The van der Waals surface area contributed by atoms with Crippen LogP contribution >= 0.6 is 0 Å². The van der Waals surface area contributed by atoms with Gasteiger partial charge in [-0.3, -0.25) is 0 Å². The molecule has 1 aromatic rings. The minimum absolute atomic E-state index is 0.0938. The maximum Gasteiger partial charge on any atom is 0.212 e. The van der Waals surface area contributed by atoms with Crippen molar-refractivity contribution < 1.29 is 9.84 Å². The normalized spacial score (nSPS) is 8.11. The van der Waals surface area contributed by atoms with E-state index in [9.17, 15) is 0 Å². The van der Waals surface area contributed by atoms with Crippen LogP contribution in [0.3, 0.4) is 0 Å². The van der Waals surface area contributed by atoms with Gasteiger partial charge in [0.15, 0.2) is 5.75 Å². The average molecular weight is 122 g/mol. The molecule has 0 aliphatic rings. The van der Waals surface area contributed by atoms with E-state index in [2.05, 4.69) is 12.1 Å². The van der Waals surface area contributed by atoms with Crippen molar-refractivity contribution in [2.75, 3.05) is 7.11 Å². The Balaban J connectivity index is 3.01. The van der Waals surface area contributed by atoms with Gasteiger partial charge in [0.2, 0.25) is 5.75 Å². The van der Waals surface area contributed by atoms with E-state index in [1.807, 2.05) is 0 Å². The maximum absolute atomic E-state index is 8.93. The fourth-order valence-corrected chi connectivity index (χ4v) is 0.523. The molecule has 0 radical (unpaired) electrons. The fourth-order valence-electron chi connectivity index (χ4n) is 0.523. The van der Waals surface area contributed by atoms with Gasteiger partial charge in [0.25, 0.3) is 0 Å². The third-order valence-electron chi connectivity index (χ3n) is 0.947. The molecule has 0 bridgehead atoms. The van der Waals surface area contributed by atoms with Gasteiger partial charge in [-0.1, -0.05) is 6.07 Å². The number of methoxy groups -OCH3 is 1. The highest BCUT2D eigenvalue weighted by Gasteiger charge is 1.93. The molecule has 1 rings (SSSR count). The number of hydrogen-bond donors (Lipinski definition) is 1. The van der Waals surface area contributed by atoms with Gasteiger partial charge in [0.1, 0.15) is 0 Å². The lowest BCUT2D eigenvalue weighted by atomic mass is 10.4. The van der Waals surface area contributed by atoms with Crippen LogP contribution in [0.25, 0.3) is 0 Å². The zero-order valence-corrected chi connectivity index (χ0v) is 5.01. The van der Waals surface area contributed by atoms with Crippen LogP contribution in [0.2, 0.25) is 0 Å². The van der Waals surface area contributed by atoms with E-state index in [4.69, 9.17) is 9.84 Å². The molecular formula is C7H6O2. The monoisotopic (exact) mass is 122 g/mol. The second kappa shape index (κ2) is 2.27. The summed E-state index contributed by atoms with van der Waals surface area (Å²) in [4.78, 5) is 0. The first-order valence-corrected chi connectivity index (χ1v) is 2.50. The highest BCUT2D eigenvalue weighted by molar-refractivity contribution is 5.33. The lowest BCUT2D eigenvalue weighted by Crippen LogP contribution is -1.79. The smallest absolute Gasteiger partial charge is 0.212 e. The van der Waals surface area contributed by atoms with Crippen molar-refractivity contribution in [3.8, 4) is 11.5 Å². The van der Waals surface area contributed by atoms with Crippen molar-refractivity contribution in [3.05, 3.63) is 24.3 Å². The third kappa shape index (κ3) is 1.06. The molecule has 0 fully saturated rings. The summed E-state index contributed by atoms with van der Waals surface area (Å²) in [5.41, 5.74) is 0. The summed E-state index contributed by atoms with van der Waals surface area (Å²) in [7, 11) is 1.47. The highest BCUT2D eigenvalue weighted by Crippen LogP contribution is 2.19. The Labute approximate surface area is 53.7 Å². The van der Waals surface area contributed by atoms with Crippen LogP contribution in [0.1, 0.15) is 0 Å². The van der Waals surface area contributed by atoms with Crippen molar-refractivity contribution in [1.29, 1.82) is 0 Å². The molecule has 1 aromatic carbocycles.